The highest BCUT2D eigenvalue weighted by Crippen LogP contribution is 2.19. The summed E-state index contributed by atoms with van der Waals surface area (Å²) in [5, 5.41) is 5.04. The number of aryl methyl sites for hydroxylation is 1. The van der Waals surface area contributed by atoms with E-state index in [1.165, 1.54) is 0 Å². The van der Waals surface area contributed by atoms with Gasteiger partial charge in [0.15, 0.2) is 5.82 Å². The topological polar surface area (TPSA) is 78.3 Å². The fourth-order valence-electron chi connectivity index (χ4n) is 3.62. The number of halogens is 1. The SMILES string of the molecule is Cc1nc(CN(C)C2CCN(Cc3cc4ccccc4[nH]c3=O)C2)no1.I. The van der Waals surface area contributed by atoms with Gasteiger partial charge in [-0.15, -0.1) is 24.0 Å². The molecule has 1 atom stereocenters. The number of hydrogen-bond donors (Lipinski definition) is 1. The number of nitrogens with one attached hydrogen (secondary N) is 1. The molecule has 3 aromatic rings. The number of nitrogens with zero attached hydrogens (tertiary/aromatic N) is 4. The minimum Gasteiger partial charge on any atom is -0.340 e. The zero-order valence-corrected chi connectivity index (χ0v) is 17.8. The average molecular weight is 481 g/mol. The van der Waals surface area contributed by atoms with Crippen LogP contribution in [0.2, 0.25) is 0 Å². The first kappa shape index (κ1) is 20.0. The Labute approximate surface area is 174 Å². The minimum absolute atomic E-state index is 0. The average Bonchev–Trinajstić information content (AvgIpc) is 3.25. The molecular formula is C19H24IN5O2. The van der Waals surface area contributed by atoms with Crippen LogP contribution in [0.15, 0.2) is 39.6 Å². The van der Waals surface area contributed by atoms with Gasteiger partial charge in [-0.05, 0) is 31.0 Å². The van der Waals surface area contributed by atoms with Crippen molar-refractivity contribution >= 4 is 34.9 Å². The molecule has 0 bridgehead atoms. The van der Waals surface area contributed by atoms with Gasteiger partial charge in [-0.2, -0.15) is 4.98 Å². The first-order valence-electron chi connectivity index (χ1n) is 8.91. The van der Waals surface area contributed by atoms with Gasteiger partial charge < -0.3 is 9.51 Å². The molecule has 0 spiro atoms. The molecule has 27 heavy (non-hydrogen) atoms. The van der Waals surface area contributed by atoms with Gasteiger partial charge in [-0.3, -0.25) is 14.6 Å². The summed E-state index contributed by atoms with van der Waals surface area (Å²) in [7, 11) is 2.09. The summed E-state index contributed by atoms with van der Waals surface area (Å²) in [6.45, 7) is 5.05. The van der Waals surface area contributed by atoms with Crippen LogP contribution in [0.3, 0.4) is 0 Å². The largest absolute Gasteiger partial charge is 0.340 e. The number of aromatic nitrogens is 3. The Balaban J connectivity index is 0.00000210. The molecular weight excluding hydrogens is 457 g/mol. The van der Waals surface area contributed by atoms with Crippen LogP contribution >= 0.6 is 24.0 Å². The van der Waals surface area contributed by atoms with Crippen LogP contribution in [-0.2, 0) is 13.1 Å². The van der Waals surface area contributed by atoms with E-state index >= 15 is 0 Å². The molecule has 0 aliphatic carbocycles. The fraction of sp³-hybridized carbons (Fsp3) is 0.421. The van der Waals surface area contributed by atoms with E-state index in [2.05, 4.69) is 32.0 Å². The molecule has 2 aromatic heterocycles. The highest BCUT2D eigenvalue weighted by atomic mass is 127. The van der Waals surface area contributed by atoms with E-state index in [0.717, 1.165) is 41.8 Å². The van der Waals surface area contributed by atoms with Crippen molar-refractivity contribution in [1.29, 1.82) is 0 Å². The first-order chi connectivity index (χ1) is 12.6. The maximum absolute atomic E-state index is 12.4. The van der Waals surface area contributed by atoms with Gasteiger partial charge in [0.1, 0.15) is 0 Å². The van der Waals surface area contributed by atoms with E-state index in [4.69, 9.17) is 4.52 Å². The first-order valence-corrected chi connectivity index (χ1v) is 8.91. The van der Waals surface area contributed by atoms with Crippen molar-refractivity contribution in [1.82, 2.24) is 24.9 Å². The van der Waals surface area contributed by atoms with Crippen molar-refractivity contribution in [2.45, 2.75) is 32.5 Å². The van der Waals surface area contributed by atoms with E-state index in [9.17, 15) is 4.79 Å². The Bertz CT molecular complexity index is 970. The summed E-state index contributed by atoms with van der Waals surface area (Å²) in [4.78, 5) is 24.2. The molecule has 1 fully saturated rings. The highest BCUT2D eigenvalue weighted by Gasteiger charge is 2.27. The number of H-pyrrole nitrogens is 1. The van der Waals surface area contributed by atoms with Gasteiger partial charge in [0, 0.05) is 43.7 Å². The Hall–Kier alpha value is -1.78. The third-order valence-electron chi connectivity index (χ3n) is 5.06. The monoisotopic (exact) mass is 481 g/mol. The van der Waals surface area contributed by atoms with Crippen molar-refractivity contribution in [2.24, 2.45) is 0 Å². The smallest absolute Gasteiger partial charge is 0.252 e. The molecule has 4 rings (SSSR count). The van der Waals surface area contributed by atoms with Crippen molar-refractivity contribution in [3.8, 4) is 0 Å². The van der Waals surface area contributed by atoms with Gasteiger partial charge >= 0.3 is 0 Å². The van der Waals surface area contributed by atoms with Crippen LogP contribution in [0.4, 0.5) is 0 Å². The number of fused-ring (bicyclic) bond motifs is 1. The van der Waals surface area contributed by atoms with Crippen LogP contribution in [0.1, 0.15) is 23.7 Å². The molecule has 1 aromatic carbocycles. The number of hydrogen-bond acceptors (Lipinski definition) is 6. The van der Waals surface area contributed by atoms with Crippen molar-refractivity contribution in [3.05, 3.63) is 58.0 Å². The summed E-state index contributed by atoms with van der Waals surface area (Å²) < 4.78 is 5.04. The summed E-state index contributed by atoms with van der Waals surface area (Å²) >= 11 is 0. The second kappa shape index (κ2) is 8.49. The Morgan fingerprint density at radius 3 is 2.96 bits per heavy atom. The van der Waals surface area contributed by atoms with Gasteiger partial charge in [0.25, 0.3) is 5.56 Å². The summed E-state index contributed by atoms with van der Waals surface area (Å²) in [5.74, 6) is 1.31. The number of benzene rings is 1. The molecule has 1 N–H and O–H groups in total. The van der Waals surface area contributed by atoms with E-state index in [-0.39, 0.29) is 29.5 Å². The molecule has 7 nitrogen and oxygen atoms in total. The molecule has 0 amide bonds. The molecule has 144 valence electrons. The van der Waals surface area contributed by atoms with E-state index in [1.807, 2.05) is 30.3 Å². The summed E-state index contributed by atoms with van der Waals surface area (Å²) in [5.41, 5.74) is 1.71. The molecule has 1 saturated heterocycles. The predicted molar refractivity (Wildman–Crippen MR) is 114 cm³/mol. The van der Waals surface area contributed by atoms with Gasteiger partial charge in [0.05, 0.1) is 6.54 Å². The second-order valence-corrected chi connectivity index (χ2v) is 7.03. The lowest BCUT2D eigenvalue weighted by atomic mass is 10.1. The van der Waals surface area contributed by atoms with Gasteiger partial charge in [0.2, 0.25) is 5.89 Å². The van der Waals surface area contributed by atoms with Crippen LogP contribution < -0.4 is 5.56 Å². The maximum Gasteiger partial charge on any atom is 0.252 e. The zero-order chi connectivity index (χ0) is 18.1. The molecule has 1 aliphatic rings. The number of likely N-dealkylation sites (N-methyl/N-ethyl adjacent to an activating group) is 1. The van der Waals surface area contributed by atoms with Gasteiger partial charge in [-0.1, -0.05) is 23.4 Å². The Morgan fingerprint density at radius 1 is 1.37 bits per heavy atom. The van der Waals surface area contributed by atoms with Crippen LogP contribution in [0.25, 0.3) is 10.9 Å². The highest BCUT2D eigenvalue weighted by molar-refractivity contribution is 14.0. The third kappa shape index (κ3) is 4.56. The molecule has 1 aliphatic heterocycles. The number of likely N-dealkylation sites (tertiary alicyclic amines) is 1. The normalized spacial score (nSPS) is 17.5. The lowest BCUT2D eigenvalue weighted by Gasteiger charge is -2.23. The minimum atomic E-state index is 0. The van der Waals surface area contributed by atoms with E-state index in [1.54, 1.807) is 6.92 Å². The van der Waals surface area contributed by atoms with Crippen LogP contribution in [0.5, 0.6) is 0 Å². The summed E-state index contributed by atoms with van der Waals surface area (Å²) in [6, 6.07) is 10.3. The molecule has 1 unspecified atom stereocenters. The zero-order valence-electron chi connectivity index (χ0n) is 15.5. The maximum atomic E-state index is 12.4. The number of aromatic amines is 1. The lowest BCUT2D eigenvalue weighted by Crippen LogP contribution is -2.34. The van der Waals surface area contributed by atoms with Crippen molar-refractivity contribution in [3.63, 3.8) is 0 Å². The number of para-hydroxylation sites is 1. The van der Waals surface area contributed by atoms with E-state index < -0.39 is 0 Å². The predicted octanol–water partition coefficient (Wildman–Crippen LogP) is 2.54. The summed E-state index contributed by atoms with van der Waals surface area (Å²) in [6.07, 6.45) is 1.07. The number of rotatable bonds is 5. The van der Waals surface area contributed by atoms with Crippen LogP contribution in [-0.4, -0.2) is 51.1 Å². The van der Waals surface area contributed by atoms with Gasteiger partial charge in [-0.25, -0.2) is 0 Å². The fourth-order valence-corrected chi connectivity index (χ4v) is 3.62. The third-order valence-corrected chi connectivity index (χ3v) is 5.06. The standard InChI is InChI=1S/C19H23N5O2.HI/c1-13-20-18(22-26-13)12-23(2)16-7-8-24(11-16)10-15-9-14-5-3-4-6-17(14)21-19(15)25;/h3-6,9,16H,7-8,10-12H2,1-2H3,(H,21,25);1H. The second-order valence-electron chi connectivity index (χ2n) is 7.03. The Kier molecular flexibility index (Phi) is 6.28. The van der Waals surface area contributed by atoms with E-state index in [0.29, 0.717) is 25.0 Å². The Morgan fingerprint density at radius 2 is 2.19 bits per heavy atom. The van der Waals surface area contributed by atoms with Crippen molar-refractivity contribution < 1.29 is 4.52 Å². The number of pyridine rings is 1. The van der Waals surface area contributed by atoms with Crippen molar-refractivity contribution in [2.75, 3.05) is 20.1 Å². The molecule has 0 radical (unpaired) electrons. The molecule has 3 heterocycles. The molecule has 8 heteroatoms. The lowest BCUT2D eigenvalue weighted by molar-refractivity contribution is 0.215. The molecule has 0 saturated carbocycles. The van der Waals surface area contributed by atoms with Crippen LogP contribution in [0, 0.1) is 6.92 Å². The quantitative estimate of drug-likeness (QED) is 0.565.